The summed E-state index contributed by atoms with van der Waals surface area (Å²) < 4.78 is 5.41. The first kappa shape index (κ1) is 17.9. The number of piperidine rings is 1. The molecule has 0 bridgehead atoms. The molecule has 7 heteroatoms. The summed E-state index contributed by atoms with van der Waals surface area (Å²) >= 11 is 0. The molecule has 0 saturated carbocycles. The van der Waals surface area contributed by atoms with Gasteiger partial charge in [-0.1, -0.05) is 13.8 Å². The molecular weight excluding hydrogens is 292 g/mol. The van der Waals surface area contributed by atoms with Crippen molar-refractivity contribution >= 4 is 11.9 Å². The van der Waals surface area contributed by atoms with E-state index in [1.165, 1.54) is 0 Å². The second-order valence-corrected chi connectivity index (χ2v) is 6.57. The van der Waals surface area contributed by atoms with Crippen molar-refractivity contribution in [1.82, 2.24) is 19.9 Å². The van der Waals surface area contributed by atoms with Crippen molar-refractivity contribution in [1.29, 1.82) is 0 Å². The van der Waals surface area contributed by atoms with Crippen LogP contribution in [-0.2, 0) is 4.74 Å². The lowest BCUT2D eigenvalue weighted by atomic mass is 10.1. The molecular formula is C16H30N6O. The second-order valence-electron chi connectivity index (χ2n) is 6.57. The molecule has 1 saturated heterocycles. The van der Waals surface area contributed by atoms with Crippen LogP contribution in [0.5, 0.6) is 0 Å². The highest BCUT2D eigenvalue weighted by molar-refractivity contribution is 5.36. The summed E-state index contributed by atoms with van der Waals surface area (Å²) in [7, 11) is 5.70. The van der Waals surface area contributed by atoms with E-state index in [9.17, 15) is 0 Å². The molecule has 0 aromatic carbocycles. The molecule has 0 aliphatic carbocycles. The summed E-state index contributed by atoms with van der Waals surface area (Å²) in [6.07, 6.45) is 2.66. The van der Waals surface area contributed by atoms with Gasteiger partial charge in [-0.3, -0.25) is 0 Å². The molecule has 130 valence electrons. The van der Waals surface area contributed by atoms with Crippen LogP contribution in [0.4, 0.5) is 11.9 Å². The molecule has 0 spiro atoms. The van der Waals surface area contributed by atoms with E-state index >= 15 is 0 Å². The zero-order valence-corrected chi connectivity index (χ0v) is 15.0. The Labute approximate surface area is 139 Å². The standard InChI is InChI=1S/C16H30N6O/c1-12(2)14-18-15(20-16(19-14)21(3)4)17-8-11-22-9-6-13(23-5)7-10-22/h12-13H,6-11H2,1-5H3,(H,17,18,19,20). The van der Waals surface area contributed by atoms with Gasteiger partial charge in [-0.15, -0.1) is 0 Å². The number of rotatable bonds is 7. The molecule has 2 heterocycles. The van der Waals surface area contributed by atoms with Gasteiger partial charge in [0.15, 0.2) is 0 Å². The zero-order valence-electron chi connectivity index (χ0n) is 15.0. The maximum Gasteiger partial charge on any atom is 0.229 e. The lowest BCUT2D eigenvalue weighted by Crippen LogP contribution is -2.39. The van der Waals surface area contributed by atoms with E-state index in [4.69, 9.17) is 4.74 Å². The van der Waals surface area contributed by atoms with Crippen molar-refractivity contribution in [3.63, 3.8) is 0 Å². The van der Waals surface area contributed by atoms with Gasteiger partial charge in [0.1, 0.15) is 5.82 Å². The van der Waals surface area contributed by atoms with Crippen LogP contribution in [0, 0.1) is 0 Å². The number of aromatic nitrogens is 3. The number of hydrogen-bond donors (Lipinski definition) is 1. The Kier molecular flexibility index (Phi) is 6.53. The van der Waals surface area contributed by atoms with E-state index in [-0.39, 0.29) is 5.92 Å². The molecule has 1 aliphatic heterocycles. The van der Waals surface area contributed by atoms with Crippen LogP contribution in [0.25, 0.3) is 0 Å². The summed E-state index contributed by atoms with van der Waals surface area (Å²) in [6, 6.07) is 0. The lowest BCUT2D eigenvalue weighted by molar-refractivity contribution is 0.0423. The van der Waals surface area contributed by atoms with Crippen molar-refractivity contribution in [2.45, 2.75) is 38.7 Å². The number of hydrogen-bond acceptors (Lipinski definition) is 7. The Bertz CT molecular complexity index is 459. The normalized spacial score (nSPS) is 16.8. The number of nitrogens with zero attached hydrogens (tertiary/aromatic N) is 5. The second kappa shape index (κ2) is 8.40. The Hall–Kier alpha value is -1.47. The third kappa shape index (κ3) is 5.28. The number of ether oxygens (including phenoxy) is 1. The average Bonchev–Trinajstić information content (AvgIpc) is 2.55. The Morgan fingerprint density at radius 1 is 1.22 bits per heavy atom. The Morgan fingerprint density at radius 2 is 1.91 bits per heavy atom. The largest absolute Gasteiger partial charge is 0.381 e. The highest BCUT2D eigenvalue weighted by atomic mass is 16.5. The smallest absolute Gasteiger partial charge is 0.229 e. The van der Waals surface area contributed by atoms with Crippen molar-refractivity contribution in [3.8, 4) is 0 Å². The fraction of sp³-hybridized carbons (Fsp3) is 0.812. The molecule has 0 unspecified atom stereocenters. The van der Waals surface area contributed by atoms with Crippen molar-refractivity contribution < 1.29 is 4.74 Å². The van der Waals surface area contributed by atoms with Crippen LogP contribution in [0.15, 0.2) is 0 Å². The van der Waals surface area contributed by atoms with E-state index < -0.39 is 0 Å². The highest BCUT2D eigenvalue weighted by Gasteiger charge is 2.18. The number of nitrogens with one attached hydrogen (secondary N) is 1. The molecule has 23 heavy (non-hydrogen) atoms. The quantitative estimate of drug-likeness (QED) is 0.817. The molecule has 2 rings (SSSR count). The van der Waals surface area contributed by atoms with Gasteiger partial charge in [-0.05, 0) is 12.8 Å². The fourth-order valence-corrected chi connectivity index (χ4v) is 2.61. The van der Waals surface area contributed by atoms with Gasteiger partial charge in [0, 0.05) is 53.3 Å². The first-order valence-electron chi connectivity index (χ1n) is 8.42. The van der Waals surface area contributed by atoms with Crippen molar-refractivity contribution in [3.05, 3.63) is 5.82 Å². The molecule has 1 aromatic heterocycles. The molecule has 7 nitrogen and oxygen atoms in total. The summed E-state index contributed by atoms with van der Waals surface area (Å²) in [5.41, 5.74) is 0. The topological polar surface area (TPSA) is 66.4 Å². The summed E-state index contributed by atoms with van der Waals surface area (Å²) in [6.45, 7) is 8.22. The molecule has 0 radical (unpaired) electrons. The van der Waals surface area contributed by atoms with Gasteiger partial charge < -0.3 is 19.9 Å². The zero-order chi connectivity index (χ0) is 16.8. The maximum absolute atomic E-state index is 5.41. The third-order valence-corrected chi connectivity index (χ3v) is 4.14. The van der Waals surface area contributed by atoms with Crippen LogP contribution in [-0.4, -0.2) is 73.3 Å². The van der Waals surface area contributed by atoms with E-state index in [0.717, 1.165) is 44.8 Å². The minimum absolute atomic E-state index is 0.283. The van der Waals surface area contributed by atoms with Crippen LogP contribution in [0.3, 0.4) is 0 Å². The van der Waals surface area contributed by atoms with Crippen molar-refractivity contribution in [2.24, 2.45) is 0 Å². The van der Waals surface area contributed by atoms with Gasteiger partial charge in [-0.25, -0.2) is 0 Å². The minimum Gasteiger partial charge on any atom is -0.381 e. The summed E-state index contributed by atoms with van der Waals surface area (Å²) in [5.74, 6) is 2.48. The summed E-state index contributed by atoms with van der Waals surface area (Å²) in [4.78, 5) is 17.9. The number of methoxy groups -OCH3 is 1. The van der Waals surface area contributed by atoms with Crippen LogP contribution < -0.4 is 10.2 Å². The fourth-order valence-electron chi connectivity index (χ4n) is 2.61. The molecule has 1 aromatic rings. The van der Waals surface area contributed by atoms with Crippen LogP contribution in [0.2, 0.25) is 0 Å². The first-order valence-corrected chi connectivity index (χ1v) is 8.42. The molecule has 1 N–H and O–H groups in total. The number of likely N-dealkylation sites (tertiary alicyclic amines) is 1. The first-order chi connectivity index (χ1) is 11.0. The van der Waals surface area contributed by atoms with E-state index in [1.54, 1.807) is 7.11 Å². The number of anilines is 2. The third-order valence-electron chi connectivity index (χ3n) is 4.14. The lowest BCUT2D eigenvalue weighted by Gasteiger charge is -2.31. The highest BCUT2D eigenvalue weighted by Crippen LogP contribution is 2.15. The van der Waals surface area contributed by atoms with E-state index in [1.807, 2.05) is 19.0 Å². The average molecular weight is 322 g/mol. The summed E-state index contributed by atoms with van der Waals surface area (Å²) in [5, 5.41) is 3.35. The van der Waals surface area contributed by atoms with Gasteiger partial charge in [-0.2, -0.15) is 15.0 Å². The van der Waals surface area contributed by atoms with Gasteiger partial charge >= 0.3 is 0 Å². The van der Waals surface area contributed by atoms with Gasteiger partial charge in [0.05, 0.1) is 6.10 Å². The molecule has 0 atom stereocenters. The van der Waals surface area contributed by atoms with Crippen LogP contribution >= 0.6 is 0 Å². The SMILES string of the molecule is COC1CCN(CCNc2nc(C(C)C)nc(N(C)C)n2)CC1. The Balaban J connectivity index is 1.87. The maximum atomic E-state index is 5.41. The predicted octanol–water partition coefficient (Wildman–Crippen LogP) is 1.58. The Morgan fingerprint density at radius 3 is 2.48 bits per heavy atom. The molecule has 1 aliphatic rings. The predicted molar refractivity (Wildman–Crippen MR) is 93.2 cm³/mol. The van der Waals surface area contributed by atoms with Gasteiger partial charge in [0.2, 0.25) is 11.9 Å². The monoisotopic (exact) mass is 322 g/mol. The molecule has 0 amide bonds. The van der Waals surface area contributed by atoms with Gasteiger partial charge in [0.25, 0.3) is 0 Å². The van der Waals surface area contributed by atoms with E-state index in [2.05, 4.69) is 39.0 Å². The van der Waals surface area contributed by atoms with Crippen molar-refractivity contribution in [2.75, 3.05) is 57.6 Å². The molecule has 1 fully saturated rings. The van der Waals surface area contributed by atoms with E-state index in [0.29, 0.717) is 18.0 Å². The van der Waals surface area contributed by atoms with Crippen LogP contribution in [0.1, 0.15) is 38.4 Å². The minimum atomic E-state index is 0.283.